The van der Waals surface area contributed by atoms with Crippen molar-refractivity contribution in [1.29, 1.82) is 0 Å². The maximum atomic E-state index is 12.0. The average Bonchev–Trinajstić information content (AvgIpc) is 2.50. The number of ketones is 1. The largest absolute Gasteiger partial charge is 0.453 e. The van der Waals surface area contributed by atoms with Gasteiger partial charge in [0.1, 0.15) is 0 Å². The second kappa shape index (κ2) is 7.69. The SMILES string of the molecule is O=C(COC(=O)c1ncc(Cl)c(Cl)c1Cl)c1ccc(Cl)cc1Cl. The number of halogens is 5. The molecule has 0 saturated heterocycles. The summed E-state index contributed by atoms with van der Waals surface area (Å²) in [6.45, 7) is -0.543. The van der Waals surface area contributed by atoms with Crippen molar-refractivity contribution in [3.63, 3.8) is 0 Å². The minimum atomic E-state index is -0.910. The minimum absolute atomic E-state index is 0.0256. The fourth-order valence-corrected chi connectivity index (χ4v) is 2.65. The van der Waals surface area contributed by atoms with Crippen LogP contribution in [0.3, 0.4) is 0 Å². The highest BCUT2D eigenvalue weighted by Crippen LogP contribution is 2.31. The molecule has 0 aliphatic rings. The lowest BCUT2D eigenvalue weighted by molar-refractivity contribution is 0.0469. The molecule has 1 aromatic carbocycles. The van der Waals surface area contributed by atoms with Crippen molar-refractivity contribution in [3.05, 3.63) is 60.8 Å². The highest BCUT2D eigenvalue weighted by Gasteiger charge is 2.20. The Morgan fingerprint density at radius 2 is 1.70 bits per heavy atom. The number of rotatable bonds is 4. The van der Waals surface area contributed by atoms with Gasteiger partial charge >= 0.3 is 5.97 Å². The van der Waals surface area contributed by atoms with E-state index in [9.17, 15) is 9.59 Å². The van der Waals surface area contributed by atoms with Crippen LogP contribution in [0.5, 0.6) is 0 Å². The molecule has 0 N–H and O–H groups in total. The lowest BCUT2D eigenvalue weighted by Gasteiger charge is -2.07. The molecule has 0 saturated carbocycles. The van der Waals surface area contributed by atoms with Gasteiger partial charge in [0.15, 0.2) is 12.3 Å². The second-order valence-corrected chi connectivity index (χ2v) is 6.21. The van der Waals surface area contributed by atoms with Crippen LogP contribution in [-0.4, -0.2) is 23.3 Å². The number of nitrogens with zero attached hydrogens (tertiary/aromatic N) is 1. The van der Waals surface area contributed by atoms with Gasteiger partial charge in [0.2, 0.25) is 5.78 Å². The highest BCUT2D eigenvalue weighted by atomic mass is 35.5. The topological polar surface area (TPSA) is 56.3 Å². The summed E-state index contributed by atoms with van der Waals surface area (Å²) in [7, 11) is 0. The molecule has 120 valence electrons. The highest BCUT2D eigenvalue weighted by molar-refractivity contribution is 6.48. The summed E-state index contributed by atoms with van der Waals surface area (Å²) in [5, 5.41) is 0.459. The van der Waals surface area contributed by atoms with Gasteiger partial charge in [-0.1, -0.05) is 58.0 Å². The Balaban J connectivity index is 2.10. The molecule has 0 unspecified atom stereocenters. The van der Waals surface area contributed by atoms with Gasteiger partial charge in [0.25, 0.3) is 0 Å². The molecule has 1 heterocycles. The van der Waals surface area contributed by atoms with E-state index in [4.69, 9.17) is 62.7 Å². The zero-order valence-electron chi connectivity index (χ0n) is 11.1. The van der Waals surface area contributed by atoms with Gasteiger partial charge in [-0.05, 0) is 18.2 Å². The van der Waals surface area contributed by atoms with E-state index in [1.807, 2.05) is 0 Å². The predicted molar refractivity (Wildman–Crippen MR) is 90.3 cm³/mol. The maximum Gasteiger partial charge on any atom is 0.358 e. The third-order valence-electron chi connectivity index (χ3n) is 2.68. The van der Waals surface area contributed by atoms with E-state index in [1.165, 1.54) is 18.2 Å². The lowest BCUT2D eigenvalue weighted by Crippen LogP contribution is -2.16. The summed E-state index contributed by atoms with van der Waals surface area (Å²) in [6, 6.07) is 4.35. The summed E-state index contributed by atoms with van der Waals surface area (Å²) >= 11 is 29.1. The molecule has 0 spiro atoms. The first-order valence-corrected chi connectivity index (χ1v) is 7.85. The quantitative estimate of drug-likeness (QED) is 0.498. The molecule has 0 aliphatic carbocycles. The van der Waals surface area contributed by atoms with E-state index in [0.717, 1.165) is 6.20 Å². The molecule has 0 fully saturated rings. The molecule has 0 amide bonds. The fraction of sp³-hybridized carbons (Fsp3) is 0.0714. The Morgan fingerprint density at radius 3 is 2.35 bits per heavy atom. The smallest absolute Gasteiger partial charge is 0.358 e. The van der Waals surface area contributed by atoms with E-state index in [2.05, 4.69) is 4.98 Å². The van der Waals surface area contributed by atoms with Crippen molar-refractivity contribution in [3.8, 4) is 0 Å². The van der Waals surface area contributed by atoms with Gasteiger partial charge < -0.3 is 4.74 Å². The Morgan fingerprint density at radius 1 is 1.00 bits per heavy atom. The van der Waals surface area contributed by atoms with Crippen molar-refractivity contribution in [2.75, 3.05) is 6.61 Å². The van der Waals surface area contributed by atoms with Gasteiger partial charge in [-0.3, -0.25) is 4.79 Å². The van der Waals surface area contributed by atoms with E-state index >= 15 is 0 Å². The first-order valence-electron chi connectivity index (χ1n) is 5.96. The number of hydrogen-bond donors (Lipinski definition) is 0. The molecule has 2 rings (SSSR count). The molecule has 0 bridgehead atoms. The van der Waals surface area contributed by atoms with Crippen molar-refractivity contribution < 1.29 is 14.3 Å². The molecular weight excluding hydrogens is 407 g/mol. The number of Topliss-reactive ketones (excluding diaryl/α,β-unsaturated/α-hetero) is 1. The van der Waals surface area contributed by atoms with Crippen molar-refractivity contribution in [2.45, 2.75) is 0 Å². The van der Waals surface area contributed by atoms with Crippen LogP contribution < -0.4 is 0 Å². The fourth-order valence-electron chi connectivity index (χ4n) is 1.58. The number of benzene rings is 1. The second-order valence-electron chi connectivity index (χ2n) is 4.21. The van der Waals surface area contributed by atoms with Crippen LogP contribution in [0.2, 0.25) is 25.1 Å². The number of carbonyl (C=O) groups excluding carboxylic acids is 2. The van der Waals surface area contributed by atoms with Crippen LogP contribution in [0.25, 0.3) is 0 Å². The molecule has 9 heteroatoms. The monoisotopic (exact) mass is 411 g/mol. The van der Waals surface area contributed by atoms with Crippen molar-refractivity contribution in [1.82, 2.24) is 4.98 Å². The van der Waals surface area contributed by atoms with Crippen LogP contribution in [0.15, 0.2) is 24.4 Å². The summed E-state index contributed by atoms with van der Waals surface area (Å²) in [5.41, 5.74) is -0.0619. The summed E-state index contributed by atoms with van der Waals surface area (Å²) in [4.78, 5) is 27.7. The zero-order valence-corrected chi connectivity index (χ0v) is 14.9. The van der Waals surface area contributed by atoms with E-state index in [-0.39, 0.29) is 31.3 Å². The van der Waals surface area contributed by atoms with Crippen LogP contribution in [0.4, 0.5) is 0 Å². The first-order chi connectivity index (χ1) is 10.8. The number of carbonyl (C=O) groups is 2. The minimum Gasteiger partial charge on any atom is -0.453 e. The lowest BCUT2D eigenvalue weighted by atomic mass is 10.1. The standard InChI is InChI=1S/C14H6Cl5NO3/c15-6-1-2-7(8(16)3-6)10(21)5-23-14(22)13-12(19)11(18)9(17)4-20-13/h1-4H,5H2. The third-order valence-corrected chi connectivity index (χ3v) is 4.46. The van der Waals surface area contributed by atoms with E-state index in [0.29, 0.717) is 5.02 Å². The first kappa shape index (κ1) is 18.3. The molecule has 0 aliphatic heterocycles. The molecule has 23 heavy (non-hydrogen) atoms. The van der Waals surface area contributed by atoms with Crippen molar-refractivity contribution >= 4 is 69.8 Å². The number of ether oxygens (including phenoxy) is 1. The van der Waals surface area contributed by atoms with Crippen LogP contribution in [0, 0.1) is 0 Å². The molecule has 1 aromatic heterocycles. The van der Waals surface area contributed by atoms with E-state index < -0.39 is 18.4 Å². The molecule has 0 atom stereocenters. The Hall–Kier alpha value is -1.04. The Labute approximate surface area is 156 Å². The zero-order chi connectivity index (χ0) is 17.1. The molecular formula is C14H6Cl5NO3. The number of esters is 1. The number of aromatic nitrogens is 1. The molecule has 0 radical (unpaired) electrons. The maximum absolute atomic E-state index is 12.0. The summed E-state index contributed by atoms with van der Waals surface area (Å²) < 4.78 is 4.88. The van der Waals surface area contributed by atoms with E-state index in [1.54, 1.807) is 0 Å². The van der Waals surface area contributed by atoms with Gasteiger partial charge in [0.05, 0.1) is 20.1 Å². The summed E-state index contributed by atoms with van der Waals surface area (Å²) in [5.74, 6) is -1.41. The number of pyridine rings is 1. The normalized spacial score (nSPS) is 10.5. The van der Waals surface area contributed by atoms with Gasteiger partial charge in [-0.15, -0.1) is 0 Å². The average molecular weight is 413 g/mol. The predicted octanol–water partition coefficient (Wildman–Crippen LogP) is 5.39. The molecule has 2 aromatic rings. The van der Waals surface area contributed by atoms with Crippen LogP contribution in [-0.2, 0) is 4.74 Å². The summed E-state index contributed by atoms with van der Waals surface area (Å²) in [6.07, 6.45) is 1.16. The molecule has 4 nitrogen and oxygen atoms in total. The van der Waals surface area contributed by atoms with Crippen LogP contribution >= 0.6 is 58.0 Å². The third kappa shape index (κ3) is 4.28. The number of hydrogen-bond acceptors (Lipinski definition) is 4. The van der Waals surface area contributed by atoms with Crippen molar-refractivity contribution in [2.24, 2.45) is 0 Å². The van der Waals surface area contributed by atoms with Gasteiger partial charge in [-0.2, -0.15) is 0 Å². The Kier molecular flexibility index (Phi) is 6.12. The van der Waals surface area contributed by atoms with Crippen LogP contribution in [0.1, 0.15) is 20.8 Å². The van der Waals surface area contributed by atoms with Gasteiger partial charge in [-0.25, -0.2) is 9.78 Å². The van der Waals surface area contributed by atoms with Gasteiger partial charge in [0, 0.05) is 16.8 Å². The Bertz CT molecular complexity index is 794.